The van der Waals surface area contributed by atoms with Crippen molar-refractivity contribution in [2.45, 2.75) is 64.6 Å². The van der Waals surface area contributed by atoms with E-state index >= 15 is 0 Å². The van der Waals surface area contributed by atoms with Crippen molar-refractivity contribution in [3.8, 4) is 0 Å². The van der Waals surface area contributed by atoms with Gasteiger partial charge in [0.1, 0.15) is 0 Å². The summed E-state index contributed by atoms with van der Waals surface area (Å²) in [4.78, 5) is 12.0. The van der Waals surface area contributed by atoms with Crippen LogP contribution in [0.15, 0.2) is 0 Å². The molecule has 0 bridgehead atoms. The molecule has 0 radical (unpaired) electrons. The summed E-state index contributed by atoms with van der Waals surface area (Å²) in [5, 5.41) is 6.11. The Morgan fingerprint density at radius 1 is 1.32 bits per heavy atom. The van der Waals surface area contributed by atoms with E-state index in [1.165, 1.54) is 0 Å². The zero-order chi connectivity index (χ0) is 14.5. The maximum Gasteiger partial charge on any atom is 0.237 e. The average Bonchev–Trinajstić information content (AvgIpc) is 2.34. The van der Waals surface area contributed by atoms with Crippen molar-refractivity contribution in [3.05, 3.63) is 0 Å². The molecule has 0 spiro atoms. The molecule has 0 aromatic rings. The third-order valence-electron chi connectivity index (χ3n) is 3.67. The molecule has 1 amide bonds. The van der Waals surface area contributed by atoms with Crippen LogP contribution in [0.25, 0.3) is 0 Å². The molecule has 2 unspecified atom stereocenters. The molecule has 0 aliphatic carbocycles. The molecule has 19 heavy (non-hydrogen) atoms. The van der Waals surface area contributed by atoms with E-state index in [1.807, 2.05) is 13.8 Å². The van der Waals surface area contributed by atoms with Crippen molar-refractivity contribution in [2.24, 2.45) is 0 Å². The van der Waals surface area contributed by atoms with Gasteiger partial charge in [-0.1, -0.05) is 13.8 Å². The zero-order valence-electron chi connectivity index (χ0n) is 12.1. The van der Waals surface area contributed by atoms with Gasteiger partial charge < -0.3 is 10.6 Å². The minimum atomic E-state index is -2.93. The van der Waals surface area contributed by atoms with Crippen molar-refractivity contribution in [1.29, 1.82) is 0 Å². The number of nitrogens with one attached hydrogen (secondary N) is 2. The highest BCUT2D eigenvalue weighted by molar-refractivity contribution is 7.91. The van der Waals surface area contributed by atoms with E-state index in [0.29, 0.717) is 6.42 Å². The lowest BCUT2D eigenvalue weighted by Crippen LogP contribution is -2.51. The van der Waals surface area contributed by atoms with Gasteiger partial charge in [-0.15, -0.1) is 0 Å². The summed E-state index contributed by atoms with van der Waals surface area (Å²) in [5.74, 6) is 0.381. The van der Waals surface area contributed by atoms with Crippen molar-refractivity contribution in [2.75, 3.05) is 11.5 Å². The molecule has 1 aliphatic heterocycles. The van der Waals surface area contributed by atoms with Crippen LogP contribution in [0.5, 0.6) is 0 Å². The Balaban J connectivity index is 2.45. The number of carbonyl (C=O) groups is 1. The first-order valence-electron chi connectivity index (χ1n) is 7.14. The molecule has 5 nitrogen and oxygen atoms in total. The quantitative estimate of drug-likeness (QED) is 0.760. The Morgan fingerprint density at radius 3 is 2.47 bits per heavy atom. The highest BCUT2D eigenvalue weighted by atomic mass is 32.2. The van der Waals surface area contributed by atoms with E-state index in [2.05, 4.69) is 10.6 Å². The van der Waals surface area contributed by atoms with Gasteiger partial charge in [-0.3, -0.25) is 4.79 Å². The van der Waals surface area contributed by atoms with Crippen LogP contribution in [0.4, 0.5) is 0 Å². The number of amides is 1. The van der Waals surface area contributed by atoms with Crippen LogP contribution >= 0.6 is 0 Å². The van der Waals surface area contributed by atoms with Crippen LogP contribution in [-0.2, 0) is 14.6 Å². The van der Waals surface area contributed by atoms with Gasteiger partial charge in [-0.05, 0) is 32.6 Å². The van der Waals surface area contributed by atoms with Gasteiger partial charge in [0, 0.05) is 12.1 Å². The van der Waals surface area contributed by atoms with Crippen LogP contribution in [0.1, 0.15) is 46.5 Å². The summed E-state index contributed by atoms with van der Waals surface area (Å²) in [6.45, 7) is 5.87. The molecule has 0 aromatic heterocycles. The van der Waals surface area contributed by atoms with E-state index < -0.39 is 9.84 Å². The van der Waals surface area contributed by atoms with Crippen LogP contribution in [0, 0.1) is 0 Å². The summed E-state index contributed by atoms with van der Waals surface area (Å²) < 4.78 is 23.1. The molecule has 2 atom stereocenters. The molecule has 1 heterocycles. The SMILES string of the molecule is CCC(CC)NC(=O)C(C)NC1CCCS(=O)(=O)C1. The van der Waals surface area contributed by atoms with Gasteiger partial charge >= 0.3 is 0 Å². The smallest absolute Gasteiger partial charge is 0.237 e. The van der Waals surface area contributed by atoms with E-state index in [1.54, 1.807) is 6.92 Å². The van der Waals surface area contributed by atoms with Crippen molar-refractivity contribution in [1.82, 2.24) is 10.6 Å². The molecule has 112 valence electrons. The second kappa shape index (κ2) is 7.24. The number of hydrogen-bond acceptors (Lipinski definition) is 4. The predicted octanol–water partition coefficient (Wildman–Crippen LogP) is 0.847. The zero-order valence-corrected chi connectivity index (χ0v) is 12.9. The standard InChI is InChI=1S/C13H26N2O3S/c1-4-11(5-2)15-13(16)10(3)14-12-7-6-8-19(17,18)9-12/h10-12,14H,4-9H2,1-3H3,(H,15,16). The number of hydrogen-bond donors (Lipinski definition) is 2. The van der Waals surface area contributed by atoms with E-state index in [-0.39, 0.29) is 35.5 Å². The number of sulfone groups is 1. The molecule has 6 heteroatoms. The van der Waals surface area contributed by atoms with Crippen LogP contribution in [0.3, 0.4) is 0 Å². The van der Waals surface area contributed by atoms with Crippen LogP contribution in [-0.4, -0.2) is 44.0 Å². The molecule has 1 aliphatic rings. The van der Waals surface area contributed by atoms with Crippen LogP contribution in [0.2, 0.25) is 0 Å². The molecular formula is C13H26N2O3S. The molecule has 2 N–H and O–H groups in total. The van der Waals surface area contributed by atoms with Gasteiger partial charge in [-0.25, -0.2) is 8.42 Å². The first kappa shape index (κ1) is 16.4. The Bertz CT molecular complexity index is 391. The van der Waals surface area contributed by atoms with E-state index in [4.69, 9.17) is 0 Å². The van der Waals surface area contributed by atoms with E-state index in [9.17, 15) is 13.2 Å². The topological polar surface area (TPSA) is 75.3 Å². The van der Waals surface area contributed by atoms with Gasteiger partial charge in [0.05, 0.1) is 17.5 Å². The third-order valence-corrected chi connectivity index (χ3v) is 5.49. The maximum absolute atomic E-state index is 12.0. The summed E-state index contributed by atoms with van der Waals surface area (Å²) >= 11 is 0. The Hall–Kier alpha value is -0.620. The lowest BCUT2D eigenvalue weighted by Gasteiger charge is -2.27. The van der Waals surface area contributed by atoms with Gasteiger partial charge in [0.2, 0.25) is 5.91 Å². The lowest BCUT2D eigenvalue weighted by molar-refractivity contribution is -0.123. The highest BCUT2D eigenvalue weighted by Gasteiger charge is 2.27. The first-order valence-corrected chi connectivity index (χ1v) is 8.97. The second-order valence-electron chi connectivity index (χ2n) is 5.36. The normalized spacial score (nSPS) is 24.1. The van der Waals surface area contributed by atoms with Gasteiger partial charge in [-0.2, -0.15) is 0 Å². The van der Waals surface area contributed by atoms with Crippen molar-refractivity contribution >= 4 is 15.7 Å². The fourth-order valence-corrected chi connectivity index (χ4v) is 4.05. The molecule has 0 saturated carbocycles. The minimum absolute atomic E-state index is 0.0447. The van der Waals surface area contributed by atoms with Crippen LogP contribution < -0.4 is 10.6 Å². The van der Waals surface area contributed by atoms with Crippen molar-refractivity contribution < 1.29 is 13.2 Å². The fraction of sp³-hybridized carbons (Fsp3) is 0.923. The monoisotopic (exact) mass is 290 g/mol. The first-order chi connectivity index (χ1) is 8.88. The number of rotatable bonds is 6. The molecular weight excluding hydrogens is 264 g/mol. The molecule has 1 fully saturated rings. The minimum Gasteiger partial charge on any atom is -0.352 e. The summed E-state index contributed by atoms with van der Waals surface area (Å²) in [6.07, 6.45) is 3.32. The second-order valence-corrected chi connectivity index (χ2v) is 7.59. The largest absolute Gasteiger partial charge is 0.352 e. The molecule has 1 saturated heterocycles. The Morgan fingerprint density at radius 2 is 1.95 bits per heavy atom. The van der Waals surface area contributed by atoms with Gasteiger partial charge in [0.25, 0.3) is 0 Å². The molecule has 0 aromatic carbocycles. The lowest BCUT2D eigenvalue weighted by atomic mass is 10.1. The number of carbonyl (C=O) groups excluding carboxylic acids is 1. The van der Waals surface area contributed by atoms with E-state index in [0.717, 1.165) is 19.3 Å². The summed E-state index contributed by atoms with van der Waals surface area (Å²) in [6, 6.07) is -0.244. The maximum atomic E-state index is 12.0. The van der Waals surface area contributed by atoms with Crippen molar-refractivity contribution in [3.63, 3.8) is 0 Å². The Kier molecular flexibility index (Phi) is 6.26. The highest BCUT2D eigenvalue weighted by Crippen LogP contribution is 2.12. The van der Waals surface area contributed by atoms with Gasteiger partial charge in [0.15, 0.2) is 9.84 Å². The third kappa shape index (κ3) is 5.48. The fourth-order valence-electron chi connectivity index (χ4n) is 2.40. The molecule has 1 rings (SSSR count). The summed E-state index contributed by atoms with van der Waals surface area (Å²) in [7, 11) is -2.93. The Labute approximate surface area is 116 Å². The predicted molar refractivity (Wildman–Crippen MR) is 76.8 cm³/mol. The summed E-state index contributed by atoms with van der Waals surface area (Å²) in [5.41, 5.74) is 0. The average molecular weight is 290 g/mol.